The Labute approximate surface area is 201 Å². The van der Waals surface area contributed by atoms with Gasteiger partial charge in [-0.3, -0.25) is 4.98 Å². The number of rotatable bonds is 9. The fourth-order valence-electron chi connectivity index (χ4n) is 4.25. The number of ether oxygens (including phenoxy) is 1. The van der Waals surface area contributed by atoms with Gasteiger partial charge in [-0.15, -0.1) is 0 Å². The second kappa shape index (κ2) is 10.1. The molecule has 8 nitrogen and oxygen atoms in total. The average Bonchev–Trinajstić information content (AvgIpc) is 3.18. The molecule has 180 valence electrons. The van der Waals surface area contributed by atoms with Gasteiger partial charge in [-0.25, -0.2) is 0 Å². The largest absolute Gasteiger partial charge is 0.385 e. The standard InChI is InChI=1S/C25H31N5O3S/c1-18-16-30(34(31,32)29(2)3)17-22-23(18)25(27-20-10-6-5-7-11-20)24(28-22)21-12-13-26-15-19(21)9-8-14-33-4/h5-7,10-13,15,27-28H,1,8-9,14,16-17H2,2-4H3. The molecule has 0 radical (unpaired) electrons. The van der Waals surface area contributed by atoms with Crippen molar-refractivity contribution in [2.45, 2.75) is 19.4 Å². The van der Waals surface area contributed by atoms with Gasteiger partial charge in [-0.2, -0.15) is 17.0 Å². The number of anilines is 2. The Morgan fingerprint density at radius 1 is 1.21 bits per heavy atom. The molecule has 0 aliphatic carbocycles. The Hall–Kier alpha value is -2.98. The van der Waals surface area contributed by atoms with E-state index >= 15 is 0 Å². The van der Waals surface area contributed by atoms with Gasteiger partial charge in [0, 0.05) is 69.3 Å². The van der Waals surface area contributed by atoms with Crippen molar-refractivity contribution in [2.75, 3.05) is 39.7 Å². The number of pyridine rings is 1. The average molecular weight is 482 g/mol. The van der Waals surface area contributed by atoms with E-state index in [1.807, 2.05) is 42.6 Å². The molecule has 34 heavy (non-hydrogen) atoms. The topological polar surface area (TPSA) is 90.6 Å². The summed E-state index contributed by atoms with van der Waals surface area (Å²) in [7, 11) is 1.20. The van der Waals surface area contributed by atoms with Gasteiger partial charge in [0.2, 0.25) is 0 Å². The van der Waals surface area contributed by atoms with Gasteiger partial charge in [0.1, 0.15) is 0 Å². The highest BCUT2D eigenvalue weighted by Gasteiger charge is 2.34. The maximum Gasteiger partial charge on any atom is 0.282 e. The van der Waals surface area contributed by atoms with E-state index in [1.54, 1.807) is 27.4 Å². The summed E-state index contributed by atoms with van der Waals surface area (Å²) in [5.41, 5.74) is 7.34. The van der Waals surface area contributed by atoms with Crippen molar-refractivity contribution < 1.29 is 13.2 Å². The monoisotopic (exact) mass is 481 g/mol. The van der Waals surface area contributed by atoms with Gasteiger partial charge in [0.25, 0.3) is 10.2 Å². The van der Waals surface area contributed by atoms with Crippen LogP contribution in [0.1, 0.15) is 23.2 Å². The van der Waals surface area contributed by atoms with E-state index in [4.69, 9.17) is 4.74 Å². The number of hydrogen-bond donors (Lipinski definition) is 2. The molecule has 0 amide bonds. The Bertz CT molecular complexity index is 1270. The molecule has 0 bridgehead atoms. The fraction of sp³-hybridized carbons (Fsp3) is 0.320. The zero-order valence-corrected chi connectivity index (χ0v) is 20.7. The van der Waals surface area contributed by atoms with Crippen molar-refractivity contribution in [2.24, 2.45) is 0 Å². The van der Waals surface area contributed by atoms with Crippen LogP contribution in [0.4, 0.5) is 11.4 Å². The highest BCUT2D eigenvalue weighted by Crippen LogP contribution is 2.42. The molecule has 0 unspecified atom stereocenters. The Morgan fingerprint density at radius 2 is 1.97 bits per heavy atom. The molecule has 0 spiro atoms. The van der Waals surface area contributed by atoms with E-state index in [9.17, 15) is 8.42 Å². The molecule has 1 aliphatic rings. The van der Waals surface area contributed by atoms with E-state index in [2.05, 4.69) is 21.9 Å². The van der Waals surface area contributed by atoms with E-state index in [1.165, 1.54) is 8.61 Å². The number of H-pyrrole nitrogens is 1. The summed E-state index contributed by atoms with van der Waals surface area (Å²) in [6, 6.07) is 11.9. The smallest absolute Gasteiger partial charge is 0.282 e. The molecule has 0 saturated heterocycles. The number of fused-ring (bicyclic) bond motifs is 1. The van der Waals surface area contributed by atoms with Crippen molar-refractivity contribution in [1.82, 2.24) is 18.6 Å². The second-order valence-electron chi connectivity index (χ2n) is 8.51. The summed E-state index contributed by atoms with van der Waals surface area (Å²) >= 11 is 0. The number of aromatic amines is 1. The summed E-state index contributed by atoms with van der Waals surface area (Å²) in [4.78, 5) is 7.87. The van der Waals surface area contributed by atoms with Crippen molar-refractivity contribution in [3.63, 3.8) is 0 Å². The highest BCUT2D eigenvalue weighted by molar-refractivity contribution is 7.86. The van der Waals surface area contributed by atoms with Gasteiger partial charge in [-0.1, -0.05) is 24.8 Å². The normalized spacial score (nSPS) is 14.4. The summed E-state index contributed by atoms with van der Waals surface area (Å²) in [5.74, 6) is 0. The molecule has 3 heterocycles. The van der Waals surface area contributed by atoms with Crippen molar-refractivity contribution in [3.8, 4) is 11.3 Å². The lowest BCUT2D eigenvalue weighted by molar-refractivity contribution is 0.195. The quantitative estimate of drug-likeness (QED) is 0.450. The molecule has 2 N–H and O–H groups in total. The maximum absolute atomic E-state index is 12.9. The van der Waals surface area contributed by atoms with Crippen LogP contribution in [0.5, 0.6) is 0 Å². The minimum absolute atomic E-state index is 0.227. The van der Waals surface area contributed by atoms with Crippen LogP contribution in [-0.2, 0) is 27.9 Å². The summed E-state index contributed by atoms with van der Waals surface area (Å²) in [6.07, 6.45) is 5.35. The van der Waals surface area contributed by atoms with Gasteiger partial charge in [0.05, 0.1) is 17.9 Å². The molecule has 9 heteroatoms. The number of para-hydroxylation sites is 1. The minimum Gasteiger partial charge on any atom is -0.385 e. The zero-order valence-electron chi connectivity index (χ0n) is 19.8. The third-order valence-corrected chi connectivity index (χ3v) is 7.76. The molecular formula is C25H31N5O3S. The van der Waals surface area contributed by atoms with Crippen LogP contribution in [0.15, 0.2) is 55.4 Å². The van der Waals surface area contributed by atoms with Crippen LogP contribution in [0.2, 0.25) is 0 Å². The molecule has 0 fully saturated rings. The summed E-state index contributed by atoms with van der Waals surface area (Å²) in [6.45, 7) is 5.39. The van der Waals surface area contributed by atoms with Crippen molar-refractivity contribution in [1.29, 1.82) is 0 Å². The Morgan fingerprint density at radius 3 is 2.68 bits per heavy atom. The molecule has 1 aromatic carbocycles. The van der Waals surface area contributed by atoms with Gasteiger partial charge >= 0.3 is 0 Å². The fourth-order valence-corrected chi connectivity index (χ4v) is 5.32. The van der Waals surface area contributed by atoms with Crippen LogP contribution in [0.25, 0.3) is 16.8 Å². The van der Waals surface area contributed by atoms with Crippen LogP contribution >= 0.6 is 0 Å². The maximum atomic E-state index is 12.9. The Kier molecular flexibility index (Phi) is 7.18. The number of benzene rings is 1. The Balaban J connectivity index is 1.83. The first-order chi connectivity index (χ1) is 16.3. The van der Waals surface area contributed by atoms with Gasteiger partial charge in [-0.05, 0) is 42.2 Å². The first-order valence-electron chi connectivity index (χ1n) is 11.2. The number of aryl methyl sites for hydroxylation is 1. The highest BCUT2D eigenvalue weighted by atomic mass is 32.2. The third-order valence-electron chi connectivity index (χ3n) is 5.93. The number of nitrogens with zero attached hydrogens (tertiary/aromatic N) is 3. The first-order valence-corrected chi connectivity index (χ1v) is 12.6. The van der Waals surface area contributed by atoms with Crippen LogP contribution in [-0.4, -0.2) is 61.4 Å². The lowest BCUT2D eigenvalue weighted by Crippen LogP contribution is -2.42. The third kappa shape index (κ3) is 4.78. The van der Waals surface area contributed by atoms with E-state index < -0.39 is 10.2 Å². The molecule has 3 aromatic rings. The predicted molar refractivity (Wildman–Crippen MR) is 136 cm³/mol. The predicted octanol–water partition coefficient (Wildman–Crippen LogP) is 4.03. The number of nitrogens with one attached hydrogen (secondary N) is 2. The van der Waals surface area contributed by atoms with Crippen molar-refractivity contribution in [3.05, 3.63) is 72.2 Å². The second-order valence-corrected chi connectivity index (χ2v) is 10.7. The van der Waals surface area contributed by atoms with Crippen LogP contribution < -0.4 is 5.32 Å². The molecule has 0 atom stereocenters. The lowest BCUT2D eigenvalue weighted by atomic mass is 9.98. The molecule has 1 aliphatic heterocycles. The number of methoxy groups -OCH3 is 1. The zero-order chi connectivity index (χ0) is 24.3. The minimum atomic E-state index is -3.58. The summed E-state index contributed by atoms with van der Waals surface area (Å²) in [5, 5.41) is 3.56. The van der Waals surface area contributed by atoms with Gasteiger partial charge in [0.15, 0.2) is 0 Å². The van der Waals surface area contributed by atoms with E-state index in [-0.39, 0.29) is 13.1 Å². The van der Waals surface area contributed by atoms with Crippen LogP contribution in [0, 0.1) is 0 Å². The van der Waals surface area contributed by atoms with E-state index in [0.29, 0.717) is 6.61 Å². The van der Waals surface area contributed by atoms with Crippen LogP contribution in [0.3, 0.4) is 0 Å². The molecular weight excluding hydrogens is 450 g/mol. The van der Waals surface area contributed by atoms with Crippen molar-refractivity contribution >= 4 is 27.2 Å². The molecule has 0 saturated carbocycles. The SMILES string of the molecule is C=C1CN(S(=O)(=O)N(C)C)Cc2[nH]c(-c3ccncc3CCCOC)c(Nc3ccccc3)c21. The molecule has 2 aromatic heterocycles. The molecule has 4 rings (SSSR count). The number of aromatic nitrogens is 2. The lowest BCUT2D eigenvalue weighted by Gasteiger charge is -2.30. The van der Waals surface area contributed by atoms with Gasteiger partial charge < -0.3 is 15.0 Å². The van der Waals surface area contributed by atoms with E-state index in [0.717, 1.165) is 57.9 Å². The first kappa shape index (κ1) is 24.2. The summed E-state index contributed by atoms with van der Waals surface area (Å²) < 4.78 is 33.6. The number of hydrogen-bond acceptors (Lipinski definition) is 5.